The summed E-state index contributed by atoms with van der Waals surface area (Å²) in [6, 6.07) is 8.30. The van der Waals surface area contributed by atoms with Gasteiger partial charge in [0, 0.05) is 13.1 Å². The van der Waals surface area contributed by atoms with Crippen molar-refractivity contribution in [1.82, 2.24) is 10.6 Å². The number of rotatable bonds is 6. The molecule has 2 N–H and O–H groups in total. The second-order valence-electron chi connectivity index (χ2n) is 6.15. The van der Waals surface area contributed by atoms with Gasteiger partial charge in [0.2, 0.25) is 0 Å². The Morgan fingerprint density at radius 3 is 2.57 bits per heavy atom. The average Bonchev–Trinajstić information content (AvgIpc) is 2.50. The lowest BCUT2D eigenvalue weighted by Crippen LogP contribution is -2.37. The van der Waals surface area contributed by atoms with Crippen molar-refractivity contribution >= 4 is 6.03 Å². The van der Waals surface area contributed by atoms with Crippen LogP contribution in [0.15, 0.2) is 24.3 Å². The highest BCUT2D eigenvalue weighted by molar-refractivity contribution is 5.73. The van der Waals surface area contributed by atoms with Crippen LogP contribution in [0.2, 0.25) is 0 Å². The molecule has 1 aromatic carbocycles. The fourth-order valence-corrected chi connectivity index (χ4v) is 3.13. The van der Waals surface area contributed by atoms with E-state index in [-0.39, 0.29) is 6.03 Å². The van der Waals surface area contributed by atoms with Gasteiger partial charge in [-0.1, -0.05) is 56.4 Å². The maximum atomic E-state index is 11.7. The van der Waals surface area contributed by atoms with Gasteiger partial charge in [-0.25, -0.2) is 4.79 Å². The highest BCUT2D eigenvalue weighted by Crippen LogP contribution is 2.25. The van der Waals surface area contributed by atoms with Crippen molar-refractivity contribution in [1.29, 1.82) is 0 Å². The van der Waals surface area contributed by atoms with E-state index in [0.29, 0.717) is 6.54 Å². The van der Waals surface area contributed by atoms with Crippen molar-refractivity contribution in [2.24, 2.45) is 5.92 Å². The van der Waals surface area contributed by atoms with Crippen LogP contribution >= 0.6 is 0 Å². The second-order valence-corrected chi connectivity index (χ2v) is 6.15. The zero-order valence-corrected chi connectivity index (χ0v) is 13.2. The molecule has 1 fully saturated rings. The Bertz CT molecular complexity index is 439. The van der Waals surface area contributed by atoms with Crippen LogP contribution in [0.1, 0.15) is 49.7 Å². The van der Waals surface area contributed by atoms with E-state index in [2.05, 4.69) is 29.7 Å². The fraction of sp³-hybridized carbons (Fsp3) is 0.611. The number of nitrogens with one attached hydrogen (secondary N) is 2. The van der Waals surface area contributed by atoms with Crippen LogP contribution in [0.3, 0.4) is 0 Å². The molecule has 0 spiro atoms. The molecule has 0 radical (unpaired) electrons. The number of benzene rings is 1. The Kier molecular flexibility index (Phi) is 6.58. The zero-order valence-electron chi connectivity index (χ0n) is 13.2. The van der Waals surface area contributed by atoms with Crippen LogP contribution in [0.4, 0.5) is 4.79 Å². The van der Waals surface area contributed by atoms with Crippen molar-refractivity contribution in [3.63, 3.8) is 0 Å². The highest BCUT2D eigenvalue weighted by atomic mass is 16.2. The van der Waals surface area contributed by atoms with Gasteiger partial charge in [-0.3, -0.25) is 0 Å². The lowest BCUT2D eigenvalue weighted by atomic mass is 9.87. The summed E-state index contributed by atoms with van der Waals surface area (Å²) in [7, 11) is 0. The Hall–Kier alpha value is -1.51. The minimum Gasteiger partial charge on any atom is -0.338 e. The van der Waals surface area contributed by atoms with Crippen molar-refractivity contribution < 1.29 is 4.79 Å². The molecule has 0 unspecified atom stereocenters. The molecule has 2 rings (SSSR count). The van der Waals surface area contributed by atoms with Crippen LogP contribution in [0.5, 0.6) is 0 Å². The van der Waals surface area contributed by atoms with Gasteiger partial charge in [-0.15, -0.1) is 0 Å². The molecule has 21 heavy (non-hydrogen) atoms. The largest absolute Gasteiger partial charge is 0.338 e. The first-order valence-corrected chi connectivity index (χ1v) is 8.32. The topological polar surface area (TPSA) is 41.1 Å². The molecule has 116 valence electrons. The summed E-state index contributed by atoms with van der Waals surface area (Å²) in [6.07, 6.45) is 8.84. The molecule has 0 heterocycles. The van der Waals surface area contributed by atoms with E-state index in [4.69, 9.17) is 0 Å². The quantitative estimate of drug-likeness (QED) is 0.821. The van der Waals surface area contributed by atoms with Gasteiger partial charge >= 0.3 is 6.03 Å². The highest BCUT2D eigenvalue weighted by Gasteiger charge is 2.13. The number of urea groups is 1. The molecule has 2 amide bonds. The van der Waals surface area contributed by atoms with Gasteiger partial charge in [-0.05, 0) is 36.8 Å². The molecule has 0 atom stereocenters. The third kappa shape index (κ3) is 5.78. The second kappa shape index (κ2) is 8.71. The summed E-state index contributed by atoms with van der Waals surface area (Å²) in [5.74, 6) is 0.825. The Labute approximate surface area is 128 Å². The van der Waals surface area contributed by atoms with Crippen molar-refractivity contribution in [3.8, 4) is 0 Å². The van der Waals surface area contributed by atoms with E-state index in [1.54, 1.807) is 0 Å². The van der Waals surface area contributed by atoms with E-state index in [1.807, 2.05) is 12.1 Å². The molecule has 1 aliphatic rings. The van der Waals surface area contributed by atoms with Gasteiger partial charge in [0.15, 0.2) is 0 Å². The summed E-state index contributed by atoms with van der Waals surface area (Å²) in [6.45, 7) is 3.61. The van der Waals surface area contributed by atoms with Crippen LogP contribution < -0.4 is 10.6 Å². The average molecular weight is 288 g/mol. The molecular weight excluding hydrogens is 260 g/mol. The van der Waals surface area contributed by atoms with E-state index in [0.717, 1.165) is 25.3 Å². The van der Waals surface area contributed by atoms with Crippen LogP contribution in [-0.4, -0.2) is 19.1 Å². The number of hydrogen-bond acceptors (Lipinski definition) is 1. The molecule has 0 aromatic heterocycles. The first kappa shape index (κ1) is 15.9. The predicted octanol–water partition coefficient (Wildman–Crippen LogP) is 3.81. The minimum atomic E-state index is -0.0283. The standard InChI is InChI=1S/C18H28N2O/c1-15-7-5-6-10-17(15)12-14-20-18(21)19-13-11-16-8-3-2-4-9-16/h5-7,10,16H,2-4,8-9,11-14H2,1H3,(H2,19,20,21). The van der Waals surface area contributed by atoms with E-state index in [9.17, 15) is 4.79 Å². The van der Waals surface area contributed by atoms with Gasteiger partial charge in [0.1, 0.15) is 0 Å². The van der Waals surface area contributed by atoms with Gasteiger partial charge in [0.05, 0.1) is 0 Å². The van der Waals surface area contributed by atoms with Crippen LogP contribution in [0.25, 0.3) is 0 Å². The summed E-state index contributed by atoms with van der Waals surface area (Å²) < 4.78 is 0. The summed E-state index contributed by atoms with van der Waals surface area (Å²) in [5, 5.41) is 5.93. The zero-order chi connectivity index (χ0) is 14.9. The van der Waals surface area contributed by atoms with Gasteiger partial charge in [0.25, 0.3) is 0 Å². The lowest BCUT2D eigenvalue weighted by Gasteiger charge is -2.21. The summed E-state index contributed by atoms with van der Waals surface area (Å²) in [4.78, 5) is 11.7. The van der Waals surface area contributed by atoms with E-state index >= 15 is 0 Å². The van der Waals surface area contributed by atoms with Gasteiger partial charge < -0.3 is 10.6 Å². The molecule has 1 saturated carbocycles. The normalized spacial score (nSPS) is 15.7. The maximum Gasteiger partial charge on any atom is 0.314 e. The molecule has 0 bridgehead atoms. The minimum absolute atomic E-state index is 0.0283. The smallest absolute Gasteiger partial charge is 0.314 e. The van der Waals surface area contributed by atoms with Crippen molar-refractivity contribution in [2.45, 2.75) is 51.9 Å². The van der Waals surface area contributed by atoms with Gasteiger partial charge in [-0.2, -0.15) is 0 Å². The van der Waals surface area contributed by atoms with Crippen LogP contribution in [0, 0.1) is 12.8 Å². The first-order chi connectivity index (χ1) is 10.3. The van der Waals surface area contributed by atoms with E-state index in [1.165, 1.54) is 43.2 Å². The molecular formula is C18H28N2O. The summed E-state index contributed by atoms with van der Waals surface area (Å²) in [5.41, 5.74) is 2.59. The van der Waals surface area contributed by atoms with Crippen molar-refractivity contribution in [2.75, 3.05) is 13.1 Å². The number of aryl methyl sites for hydroxylation is 1. The number of hydrogen-bond donors (Lipinski definition) is 2. The third-order valence-electron chi connectivity index (χ3n) is 4.50. The number of amides is 2. The lowest BCUT2D eigenvalue weighted by molar-refractivity contribution is 0.239. The predicted molar refractivity (Wildman–Crippen MR) is 87.5 cm³/mol. The number of carbonyl (C=O) groups excluding carboxylic acids is 1. The molecule has 3 nitrogen and oxygen atoms in total. The van der Waals surface area contributed by atoms with Crippen LogP contribution in [-0.2, 0) is 6.42 Å². The molecule has 3 heteroatoms. The van der Waals surface area contributed by atoms with E-state index < -0.39 is 0 Å². The Morgan fingerprint density at radius 2 is 1.81 bits per heavy atom. The molecule has 1 aliphatic carbocycles. The molecule has 1 aromatic rings. The molecule has 0 saturated heterocycles. The Morgan fingerprint density at radius 1 is 1.10 bits per heavy atom. The molecule has 0 aliphatic heterocycles. The number of carbonyl (C=O) groups is 1. The third-order valence-corrected chi connectivity index (χ3v) is 4.50. The van der Waals surface area contributed by atoms with Crippen molar-refractivity contribution in [3.05, 3.63) is 35.4 Å². The maximum absolute atomic E-state index is 11.7. The Balaban J connectivity index is 1.56. The SMILES string of the molecule is Cc1ccccc1CCNC(=O)NCCC1CCCCC1. The summed E-state index contributed by atoms with van der Waals surface area (Å²) >= 11 is 0. The monoisotopic (exact) mass is 288 g/mol. The first-order valence-electron chi connectivity index (χ1n) is 8.32. The fourth-order valence-electron chi connectivity index (χ4n) is 3.13.